The lowest BCUT2D eigenvalue weighted by Gasteiger charge is -2.07. The molecule has 1 N–H and O–H groups in total. The Morgan fingerprint density at radius 2 is 1.88 bits per heavy atom. The molecule has 0 radical (unpaired) electrons. The number of benzene rings is 1. The van der Waals surface area contributed by atoms with Gasteiger partial charge < -0.3 is 10.1 Å². The average molecular weight is 353 g/mol. The van der Waals surface area contributed by atoms with E-state index in [0.29, 0.717) is 0 Å². The molecule has 1 amide bonds. The minimum atomic E-state index is -4.47. The third-order valence-electron chi connectivity index (χ3n) is 2.54. The number of ether oxygens (including phenoxy) is 1. The summed E-state index contributed by atoms with van der Waals surface area (Å²) in [5.41, 5.74) is -0.701. The zero-order valence-corrected chi connectivity index (χ0v) is 12.2. The maximum Gasteiger partial charge on any atom is 0.416 e. The molecule has 0 aliphatic heterocycles. The molecule has 3 nitrogen and oxygen atoms in total. The summed E-state index contributed by atoms with van der Waals surface area (Å²) in [6.07, 6.45) is -9.20. The second-order valence-corrected chi connectivity index (χ2v) is 4.57. The Bertz CT molecular complexity index is 613. The fourth-order valence-corrected chi connectivity index (χ4v) is 1.50. The Labute approximate surface area is 134 Å². The number of alkyl halides is 6. The second-order valence-electron chi connectivity index (χ2n) is 4.57. The van der Waals surface area contributed by atoms with E-state index in [4.69, 9.17) is 0 Å². The Morgan fingerprint density at radius 1 is 1.17 bits per heavy atom. The van der Waals surface area contributed by atoms with Gasteiger partial charge in [0, 0.05) is 12.0 Å². The number of carbonyl (C=O) groups is 1. The highest BCUT2D eigenvalue weighted by Gasteiger charge is 2.30. The first-order valence-electron chi connectivity index (χ1n) is 6.65. The molecule has 0 bridgehead atoms. The van der Waals surface area contributed by atoms with Crippen LogP contribution in [0.25, 0.3) is 0 Å². The van der Waals surface area contributed by atoms with Gasteiger partial charge in [-0.3, -0.25) is 4.79 Å². The highest BCUT2D eigenvalue weighted by atomic mass is 19.4. The van der Waals surface area contributed by atoms with E-state index in [1.54, 1.807) is 0 Å². The largest absolute Gasteiger partial charge is 0.416 e. The van der Waals surface area contributed by atoms with E-state index in [-0.39, 0.29) is 18.5 Å². The quantitative estimate of drug-likeness (QED) is 0.502. The highest BCUT2D eigenvalue weighted by molar-refractivity contribution is 5.76. The lowest BCUT2D eigenvalue weighted by molar-refractivity contribution is -0.174. The van der Waals surface area contributed by atoms with Crippen molar-refractivity contribution in [3.63, 3.8) is 0 Å². The monoisotopic (exact) mass is 353 g/mol. The molecule has 1 aromatic rings. The van der Waals surface area contributed by atoms with Crippen LogP contribution in [0.4, 0.5) is 26.3 Å². The van der Waals surface area contributed by atoms with Crippen LogP contribution < -0.4 is 5.32 Å². The first kappa shape index (κ1) is 19.8. The molecule has 0 fully saturated rings. The summed E-state index contributed by atoms with van der Waals surface area (Å²) < 4.78 is 77.1. The van der Waals surface area contributed by atoms with E-state index in [2.05, 4.69) is 21.9 Å². The molecule has 0 spiro atoms. The summed E-state index contributed by atoms with van der Waals surface area (Å²) in [6.45, 7) is -1.98. The van der Waals surface area contributed by atoms with Gasteiger partial charge in [0.25, 0.3) is 0 Å². The highest BCUT2D eigenvalue weighted by Crippen LogP contribution is 2.29. The van der Waals surface area contributed by atoms with Crippen LogP contribution in [0, 0.1) is 11.8 Å². The van der Waals surface area contributed by atoms with Crippen LogP contribution in [0.15, 0.2) is 24.3 Å². The molecule has 132 valence electrons. The molecule has 24 heavy (non-hydrogen) atoms. The molecular formula is C15H13F6NO2. The van der Waals surface area contributed by atoms with Gasteiger partial charge >= 0.3 is 12.4 Å². The summed E-state index contributed by atoms with van der Waals surface area (Å²) in [5.74, 6) is 4.34. The molecule has 0 saturated carbocycles. The number of amides is 1. The van der Waals surface area contributed by atoms with Gasteiger partial charge in [0.15, 0.2) is 0 Å². The molecule has 0 saturated heterocycles. The van der Waals surface area contributed by atoms with Crippen molar-refractivity contribution >= 4 is 5.91 Å². The van der Waals surface area contributed by atoms with Crippen LogP contribution >= 0.6 is 0 Å². The van der Waals surface area contributed by atoms with E-state index in [0.717, 1.165) is 12.1 Å². The number of nitrogens with one attached hydrogen (secondary N) is 1. The van der Waals surface area contributed by atoms with Gasteiger partial charge in [-0.15, -0.1) is 0 Å². The van der Waals surface area contributed by atoms with Gasteiger partial charge in [0.2, 0.25) is 5.91 Å². The Hall–Kier alpha value is -2.21. The van der Waals surface area contributed by atoms with Gasteiger partial charge in [-0.2, -0.15) is 26.3 Å². The standard InChI is InChI=1S/C15H13F6NO2/c16-14(17,18)10-24-8-6-13(23)22-7-2-4-11-3-1-5-12(9-11)15(19,20)21/h1,3,5,9H,6-8,10H2,(H,22,23). The number of halogens is 6. The zero-order chi connectivity index (χ0) is 18.2. The Morgan fingerprint density at radius 3 is 2.50 bits per heavy atom. The first-order chi connectivity index (χ1) is 11.1. The Kier molecular flexibility index (Phi) is 7.10. The zero-order valence-electron chi connectivity index (χ0n) is 12.2. The maximum atomic E-state index is 12.5. The van der Waals surface area contributed by atoms with Crippen molar-refractivity contribution in [1.82, 2.24) is 5.32 Å². The average Bonchev–Trinajstić information content (AvgIpc) is 2.47. The van der Waals surface area contributed by atoms with E-state index >= 15 is 0 Å². The van der Waals surface area contributed by atoms with Gasteiger partial charge in [-0.25, -0.2) is 0 Å². The SMILES string of the molecule is O=C(CCOCC(F)(F)F)NCC#Cc1cccc(C(F)(F)F)c1. The van der Waals surface area contributed by atoms with Crippen molar-refractivity contribution in [3.8, 4) is 11.8 Å². The molecule has 0 heterocycles. The molecule has 0 aliphatic carbocycles. The smallest absolute Gasteiger partial charge is 0.372 e. The van der Waals surface area contributed by atoms with Crippen molar-refractivity contribution < 1.29 is 35.9 Å². The summed E-state index contributed by atoms with van der Waals surface area (Å²) in [5, 5.41) is 2.30. The van der Waals surface area contributed by atoms with Crippen molar-refractivity contribution in [3.05, 3.63) is 35.4 Å². The van der Waals surface area contributed by atoms with Crippen molar-refractivity contribution in [2.75, 3.05) is 19.8 Å². The minimum Gasteiger partial charge on any atom is -0.372 e. The third kappa shape index (κ3) is 8.43. The minimum absolute atomic E-state index is 0.132. The molecule has 0 unspecified atom stereocenters. The molecule has 0 aliphatic rings. The molecule has 9 heteroatoms. The van der Waals surface area contributed by atoms with Crippen LogP contribution in [-0.4, -0.2) is 31.8 Å². The fraction of sp³-hybridized carbons (Fsp3) is 0.400. The normalized spacial score (nSPS) is 11.6. The number of carbonyl (C=O) groups excluding carboxylic acids is 1. The van der Waals surface area contributed by atoms with Crippen LogP contribution in [0.2, 0.25) is 0 Å². The first-order valence-corrected chi connectivity index (χ1v) is 6.65. The molecule has 1 rings (SSSR count). The topological polar surface area (TPSA) is 38.3 Å². The fourth-order valence-electron chi connectivity index (χ4n) is 1.50. The third-order valence-corrected chi connectivity index (χ3v) is 2.54. The molecule has 1 aromatic carbocycles. The van der Waals surface area contributed by atoms with Gasteiger partial charge in [-0.1, -0.05) is 17.9 Å². The molecule has 0 atom stereocenters. The van der Waals surface area contributed by atoms with Gasteiger partial charge in [0.05, 0.1) is 18.7 Å². The van der Waals surface area contributed by atoms with Gasteiger partial charge in [-0.05, 0) is 18.2 Å². The van der Waals surface area contributed by atoms with E-state index in [1.165, 1.54) is 12.1 Å². The maximum absolute atomic E-state index is 12.5. The Balaban J connectivity index is 2.35. The lowest BCUT2D eigenvalue weighted by atomic mass is 10.1. The number of rotatable bonds is 5. The predicted octanol–water partition coefficient (Wildman–Crippen LogP) is 3.14. The summed E-state index contributed by atoms with van der Waals surface area (Å²) >= 11 is 0. The van der Waals surface area contributed by atoms with Crippen LogP contribution in [-0.2, 0) is 15.7 Å². The van der Waals surface area contributed by atoms with Crippen molar-refractivity contribution in [1.29, 1.82) is 0 Å². The van der Waals surface area contributed by atoms with Crippen LogP contribution in [0.1, 0.15) is 17.5 Å². The molecular weight excluding hydrogens is 340 g/mol. The van der Waals surface area contributed by atoms with E-state index in [9.17, 15) is 31.1 Å². The van der Waals surface area contributed by atoms with Gasteiger partial charge in [0.1, 0.15) is 6.61 Å². The number of hydrogen-bond donors (Lipinski definition) is 1. The predicted molar refractivity (Wildman–Crippen MR) is 72.8 cm³/mol. The van der Waals surface area contributed by atoms with Crippen LogP contribution in [0.3, 0.4) is 0 Å². The van der Waals surface area contributed by atoms with Crippen molar-refractivity contribution in [2.24, 2.45) is 0 Å². The van der Waals surface area contributed by atoms with E-state index in [1.807, 2.05) is 0 Å². The van der Waals surface area contributed by atoms with Crippen LogP contribution in [0.5, 0.6) is 0 Å². The lowest BCUT2D eigenvalue weighted by Crippen LogP contribution is -2.26. The summed E-state index contributed by atoms with van der Waals surface area (Å²) in [7, 11) is 0. The molecule has 0 aromatic heterocycles. The van der Waals surface area contributed by atoms with E-state index < -0.39 is 37.0 Å². The summed E-state index contributed by atoms with van der Waals surface area (Å²) in [6, 6.07) is 4.38. The number of hydrogen-bond acceptors (Lipinski definition) is 2. The summed E-state index contributed by atoms with van der Waals surface area (Å²) in [4.78, 5) is 11.3. The second kappa shape index (κ2) is 8.59. The van der Waals surface area contributed by atoms with Crippen molar-refractivity contribution in [2.45, 2.75) is 18.8 Å².